The second kappa shape index (κ2) is 2.74. The molecular formula is C9H11F3O2. The van der Waals surface area contributed by atoms with E-state index in [2.05, 4.69) is 6.58 Å². The van der Waals surface area contributed by atoms with Crippen LogP contribution in [0, 0.1) is 17.3 Å². The molecule has 2 atom stereocenters. The van der Waals surface area contributed by atoms with Gasteiger partial charge in [-0.3, -0.25) is 4.79 Å². The first kappa shape index (κ1) is 11.1. The summed E-state index contributed by atoms with van der Waals surface area (Å²) in [5, 5.41) is 8.67. The van der Waals surface area contributed by atoms with Crippen molar-refractivity contribution in [1.29, 1.82) is 0 Å². The minimum atomic E-state index is -4.49. The molecule has 0 radical (unpaired) electrons. The van der Waals surface area contributed by atoms with Crippen LogP contribution >= 0.6 is 0 Å². The van der Waals surface area contributed by atoms with E-state index in [9.17, 15) is 18.0 Å². The highest BCUT2D eigenvalue weighted by Gasteiger charge is 2.66. The van der Waals surface area contributed by atoms with Crippen molar-refractivity contribution in [3.63, 3.8) is 0 Å². The molecule has 1 fully saturated rings. The van der Waals surface area contributed by atoms with Gasteiger partial charge in [0.2, 0.25) is 0 Å². The van der Waals surface area contributed by atoms with Crippen molar-refractivity contribution in [1.82, 2.24) is 0 Å². The third-order valence-corrected chi connectivity index (χ3v) is 2.83. The SMILES string of the molecule is C=C([C@@H]1[C@@H](C(=O)O)C1(C)C)C(F)(F)F. The number of aliphatic carboxylic acids is 1. The normalized spacial score (nSPS) is 29.8. The zero-order valence-electron chi connectivity index (χ0n) is 7.85. The van der Waals surface area contributed by atoms with E-state index in [-0.39, 0.29) is 0 Å². The molecule has 0 aromatic heterocycles. The van der Waals surface area contributed by atoms with Crippen LogP contribution in [0.3, 0.4) is 0 Å². The number of carboxylic acids is 1. The van der Waals surface area contributed by atoms with Gasteiger partial charge in [-0.25, -0.2) is 0 Å². The van der Waals surface area contributed by atoms with Crippen LogP contribution in [0.15, 0.2) is 12.2 Å². The van der Waals surface area contributed by atoms with E-state index in [1.807, 2.05) is 0 Å². The van der Waals surface area contributed by atoms with Crippen molar-refractivity contribution in [2.45, 2.75) is 20.0 Å². The van der Waals surface area contributed by atoms with Crippen molar-refractivity contribution in [2.24, 2.45) is 17.3 Å². The standard InChI is InChI=1S/C9H11F3O2/c1-4(9(10,11)12)5-6(7(13)14)8(5,2)3/h5-6H,1H2,2-3H3,(H,13,14)/t5-,6+/m1/s1. The van der Waals surface area contributed by atoms with Gasteiger partial charge >= 0.3 is 12.1 Å². The Kier molecular flexibility index (Phi) is 2.17. The average molecular weight is 208 g/mol. The summed E-state index contributed by atoms with van der Waals surface area (Å²) < 4.78 is 36.7. The second-order valence-electron chi connectivity index (χ2n) is 4.14. The van der Waals surface area contributed by atoms with Gasteiger partial charge in [0.1, 0.15) is 0 Å². The number of carboxylic acid groups (broad SMARTS) is 1. The van der Waals surface area contributed by atoms with Gasteiger partial charge in [-0.2, -0.15) is 13.2 Å². The highest BCUT2D eigenvalue weighted by Crippen LogP contribution is 2.63. The van der Waals surface area contributed by atoms with Crippen LogP contribution < -0.4 is 0 Å². The highest BCUT2D eigenvalue weighted by molar-refractivity contribution is 5.76. The van der Waals surface area contributed by atoms with Crippen LogP contribution in [0.2, 0.25) is 0 Å². The molecule has 0 amide bonds. The lowest BCUT2D eigenvalue weighted by atomic mass is 10.0. The summed E-state index contributed by atoms with van der Waals surface area (Å²) in [6, 6.07) is 0. The quantitative estimate of drug-likeness (QED) is 0.708. The summed E-state index contributed by atoms with van der Waals surface area (Å²) in [4.78, 5) is 10.6. The van der Waals surface area contributed by atoms with E-state index in [0.717, 1.165) is 0 Å². The van der Waals surface area contributed by atoms with Crippen LogP contribution in [0.1, 0.15) is 13.8 Å². The molecule has 80 valence electrons. The molecule has 2 nitrogen and oxygen atoms in total. The van der Waals surface area contributed by atoms with E-state index in [1.54, 1.807) is 0 Å². The first-order valence-electron chi connectivity index (χ1n) is 4.09. The first-order valence-corrected chi connectivity index (χ1v) is 4.09. The third kappa shape index (κ3) is 1.51. The predicted octanol–water partition coefficient (Wildman–Crippen LogP) is 2.46. The Morgan fingerprint density at radius 1 is 1.36 bits per heavy atom. The molecule has 5 heteroatoms. The summed E-state index contributed by atoms with van der Waals surface area (Å²) in [5.41, 5.74) is -1.77. The molecule has 0 unspecified atom stereocenters. The van der Waals surface area contributed by atoms with E-state index in [1.165, 1.54) is 13.8 Å². The van der Waals surface area contributed by atoms with Gasteiger partial charge in [0.25, 0.3) is 0 Å². The molecule has 0 heterocycles. The van der Waals surface area contributed by atoms with Gasteiger partial charge in [-0.15, -0.1) is 0 Å². The number of rotatable bonds is 2. The summed E-state index contributed by atoms with van der Waals surface area (Å²) >= 11 is 0. The second-order valence-corrected chi connectivity index (χ2v) is 4.14. The Hall–Kier alpha value is -1.00. The smallest absolute Gasteiger partial charge is 0.412 e. The fraction of sp³-hybridized carbons (Fsp3) is 0.667. The molecule has 0 spiro atoms. The number of allylic oxidation sites excluding steroid dienone is 1. The monoisotopic (exact) mass is 208 g/mol. The van der Waals surface area contributed by atoms with Crippen LogP contribution in [-0.4, -0.2) is 17.3 Å². The Labute approximate surface area is 79.4 Å². The summed E-state index contributed by atoms with van der Waals surface area (Å²) in [6.07, 6.45) is -4.49. The molecule has 0 aliphatic heterocycles. The lowest BCUT2D eigenvalue weighted by molar-refractivity contribution is -0.139. The van der Waals surface area contributed by atoms with Crippen LogP contribution in [0.25, 0.3) is 0 Å². The van der Waals surface area contributed by atoms with Crippen molar-refractivity contribution in [3.05, 3.63) is 12.2 Å². The highest BCUT2D eigenvalue weighted by atomic mass is 19.4. The van der Waals surface area contributed by atoms with Crippen LogP contribution in [0.4, 0.5) is 13.2 Å². The lowest BCUT2D eigenvalue weighted by Gasteiger charge is -2.10. The van der Waals surface area contributed by atoms with Gasteiger partial charge in [-0.1, -0.05) is 20.4 Å². The molecule has 1 saturated carbocycles. The van der Waals surface area contributed by atoms with Crippen molar-refractivity contribution in [2.75, 3.05) is 0 Å². The van der Waals surface area contributed by atoms with E-state index < -0.39 is 35.0 Å². The van der Waals surface area contributed by atoms with Gasteiger partial charge in [-0.05, 0) is 5.41 Å². The summed E-state index contributed by atoms with van der Waals surface area (Å²) in [5.74, 6) is -3.14. The Morgan fingerprint density at radius 2 is 1.79 bits per heavy atom. The number of alkyl halides is 3. The number of hydrogen-bond donors (Lipinski definition) is 1. The van der Waals surface area contributed by atoms with Crippen molar-refractivity contribution >= 4 is 5.97 Å². The number of hydrogen-bond acceptors (Lipinski definition) is 1. The summed E-state index contributed by atoms with van der Waals surface area (Å²) in [7, 11) is 0. The molecule has 1 rings (SSSR count). The molecule has 0 aromatic carbocycles. The van der Waals surface area contributed by atoms with Crippen molar-refractivity contribution < 1.29 is 23.1 Å². The maximum absolute atomic E-state index is 12.2. The van der Waals surface area contributed by atoms with Crippen LogP contribution in [0.5, 0.6) is 0 Å². The minimum Gasteiger partial charge on any atom is -0.481 e. The maximum atomic E-state index is 12.2. The molecule has 0 bridgehead atoms. The zero-order valence-corrected chi connectivity index (χ0v) is 7.85. The van der Waals surface area contributed by atoms with E-state index in [4.69, 9.17) is 5.11 Å². The molecule has 0 saturated heterocycles. The van der Waals surface area contributed by atoms with Gasteiger partial charge < -0.3 is 5.11 Å². The zero-order chi connectivity index (χ0) is 11.3. The topological polar surface area (TPSA) is 37.3 Å². The fourth-order valence-electron chi connectivity index (χ4n) is 1.93. The Morgan fingerprint density at radius 3 is 2.00 bits per heavy atom. The Bertz CT molecular complexity index is 291. The van der Waals surface area contributed by atoms with Gasteiger partial charge in [0, 0.05) is 11.5 Å². The van der Waals surface area contributed by atoms with Gasteiger partial charge in [0.15, 0.2) is 0 Å². The molecule has 1 aliphatic carbocycles. The van der Waals surface area contributed by atoms with Crippen LogP contribution in [-0.2, 0) is 4.79 Å². The van der Waals surface area contributed by atoms with E-state index in [0.29, 0.717) is 0 Å². The minimum absolute atomic E-state index is 0.835. The van der Waals surface area contributed by atoms with E-state index >= 15 is 0 Å². The van der Waals surface area contributed by atoms with Gasteiger partial charge in [0.05, 0.1) is 5.92 Å². The summed E-state index contributed by atoms with van der Waals surface area (Å²) in [6.45, 7) is 5.94. The lowest BCUT2D eigenvalue weighted by Crippen LogP contribution is -2.15. The third-order valence-electron chi connectivity index (χ3n) is 2.83. The molecule has 1 aliphatic rings. The average Bonchev–Trinajstić information content (AvgIpc) is 2.49. The van der Waals surface area contributed by atoms with Crippen molar-refractivity contribution in [3.8, 4) is 0 Å². The largest absolute Gasteiger partial charge is 0.481 e. The fourth-order valence-corrected chi connectivity index (χ4v) is 1.93. The first-order chi connectivity index (χ1) is 6.10. The molecule has 14 heavy (non-hydrogen) atoms. The number of halogens is 3. The molecular weight excluding hydrogens is 197 g/mol. The Balaban J connectivity index is 2.85. The number of carbonyl (C=O) groups is 1. The molecule has 1 N–H and O–H groups in total. The predicted molar refractivity (Wildman–Crippen MR) is 43.6 cm³/mol. The molecule has 0 aromatic rings. The maximum Gasteiger partial charge on any atom is 0.412 e.